The van der Waals surface area contributed by atoms with Crippen molar-refractivity contribution in [2.24, 2.45) is 0 Å². The molecule has 0 spiro atoms. The fraction of sp³-hybridized carbons (Fsp3) is 0.571. The van der Waals surface area contributed by atoms with Crippen molar-refractivity contribution in [3.63, 3.8) is 0 Å². The minimum Gasteiger partial charge on any atom is -0.491 e. The van der Waals surface area contributed by atoms with E-state index in [9.17, 15) is 0 Å². The van der Waals surface area contributed by atoms with Crippen molar-refractivity contribution in [1.82, 2.24) is 5.32 Å². The molecule has 0 heterocycles. The summed E-state index contributed by atoms with van der Waals surface area (Å²) in [6, 6.07) is 6.79. The van der Waals surface area contributed by atoms with E-state index in [0.717, 1.165) is 36.4 Å². The third kappa shape index (κ3) is 4.71. The molecule has 0 aromatic heterocycles. The summed E-state index contributed by atoms with van der Waals surface area (Å²) in [5, 5.41) is 4.19. The Balaban J connectivity index is 1.79. The van der Waals surface area contributed by atoms with Gasteiger partial charge in [0, 0.05) is 18.3 Å². The van der Waals surface area contributed by atoms with Gasteiger partial charge >= 0.3 is 0 Å². The zero-order valence-corrected chi connectivity index (χ0v) is 12.3. The quantitative estimate of drug-likeness (QED) is 0.736. The highest BCUT2D eigenvalue weighted by molar-refractivity contribution is 7.99. The fourth-order valence-corrected chi connectivity index (χ4v) is 2.42. The Morgan fingerprint density at radius 2 is 2.28 bits per heavy atom. The van der Waals surface area contributed by atoms with Crippen LogP contribution in [0.25, 0.3) is 0 Å². The van der Waals surface area contributed by atoms with E-state index in [1.165, 1.54) is 18.4 Å². The molecule has 1 saturated carbocycles. The lowest BCUT2D eigenvalue weighted by Crippen LogP contribution is -2.15. The molecule has 1 aliphatic carbocycles. The number of thioether (sulfide) groups is 1. The lowest BCUT2D eigenvalue weighted by atomic mass is 10.2. The third-order valence-electron chi connectivity index (χ3n) is 2.86. The zero-order chi connectivity index (χ0) is 12.8. The second-order valence-electron chi connectivity index (χ2n) is 4.47. The first kappa shape index (κ1) is 14.0. The monoisotopic (exact) mass is 285 g/mol. The first-order valence-electron chi connectivity index (χ1n) is 6.52. The van der Waals surface area contributed by atoms with Gasteiger partial charge in [-0.05, 0) is 36.3 Å². The Kier molecular flexibility index (Phi) is 5.67. The number of hydrogen-bond acceptors (Lipinski definition) is 3. The fourth-order valence-electron chi connectivity index (χ4n) is 1.68. The maximum Gasteiger partial charge on any atom is 0.137 e. The van der Waals surface area contributed by atoms with Gasteiger partial charge in [0.05, 0.1) is 11.6 Å². The van der Waals surface area contributed by atoms with E-state index in [0.29, 0.717) is 5.02 Å². The van der Waals surface area contributed by atoms with Gasteiger partial charge in [-0.2, -0.15) is 11.8 Å². The predicted molar refractivity (Wildman–Crippen MR) is 79.8 cm³/mol. The summed E-state index contributed by atoms with van der Waals surface area (Å²) < 4.78 is 5.66. The predicted octanol–water partition coefficient (Wildman–Crippen LogP) is 3.72. The second kappa shape index (κ2) is 7.27. The van der Waals surface area contributed by atoms with Crippen LogP contribution in [0.5, 0.6) is 5.75 Å². The number of halogens is 1. The molecule has 2 nitrogen and oxygen atoms in total. The molecule has 0 radical (unpaired) electrons. The highest BCUT2D eigenvalue weighted by Gasteiger charge is 2.19. The van der Waals surface area contributed by atoms with Gasteiger partial charge in [0.2, 0.25) is 0 Å². The Bertz CT molecular complexity index is 382. The van der Waals surface area contributed by atoms with Crippen LogP contribution < -0.4 is 10.1 Å². The Hall–Kier alpha value is -0.380. The van der Waals surface area contributed by atoms with Crippen molar-refractivity contribution in [3.8, 4) is 5.75 Å². The van der Waals surface area contributed by atoms with Crippen LogP contribution in [0.3, 0.4) is 0 Å². The summed E-state index contributed by atoms with van der Waals surface area (Å²) in [6.07, 6.45) is 2.62. The van der Waals surface area contributed by atoms with Crippen LogP contribution in [0.4, 0.5) is 0 Å². The van der Waals surface area contributed by atoms with Crippen LogP contribution in [0, 0.1) is 0 Å². The van der Waals surface area contributed by atoms with Gasteiger partial charge in [-0.1, -0.05) is 24.6 Å². The molecular formula is C14H20ClNOS. The summed E-state index contributed by atoms with van der Waals surface area (Å²) in [5.41, 5.74) is 1.22. The number of nitrogens with one attached hydrogen (secondary N) is 1. The topological polar surface area (TPSA) is 21.3 Å². The summed E-state index contributed by atoms with van der Waals surface area (Å²) in [5.74, 6) is 2.93. The van der Waals surface area contributed by atoms with E-state index in [-0.39, 0.29) is 0 Å². The van der Waals surface area contributed by atoms with Crippen molar-refractivity contribution < 1.29 is 4.74 Å². The van der Waals surface area contributed by atoms with Crippen molar-refractivity contribution >= 4 is 23.4 Å². The summed E-state index contributed by atoms with van der Waals surface area (Å²) in [4.78, 5) is 0. The van der Waals surface area contributed by atoms with Crippen molar-refractivity contribution in [2.75, 3.05) is 18.1 Å². The molecule has 4 heteroatoms. The zero-order valence-electron chi connectivity index (χ0n) is 10.7. The average molecular weight is 286 g/mol. The van der Waals surface area contributed by atoms with E-state index in [2.05, 4.69) is 18.3 Å². The smallest absolute Gasteiger partial charge is 0.137 e. The molecule has 0 unspecified atom stereocenters. The molecule has 0 aliphatic heterocycles. The summed E-state index contributed by atoms with van der Waals surface area (Å²) in [7, 11) is 0. The van der Waals surface area contributed by atoms with Crippen LogP contribution in [0.2, 0.25) is 5.02 Å². The summed E-state index contributed by atoms with van der Waals surface area (Å²) >= 11 is 8.09. The van der Waals surface area contributed by atoms with E-state index in [1.807, 2.05) is 23.9 Å². The van der Waals surface area contributed by atoms with Crippen molar-refractivity contribution in [1.29, 1.82) is 0 Å². The van der Waals surface area contributed by atoms with Crippen LogP contribution in [0.1, 0.15) is 25.3 Å². The van der Waals surface area contributed by atoms with Gasteiger partial charge in [0.1, 0.15) is 5.75 Å². The molecule has 0 amide bonds. The maximum absolute atomic E-state index is 6.21. The molecule has 1 aliphatic rings. The van der Waals surface area contributed by atoms with Gasteiger partial charge in [0.25, 0.3) is 0 Å². The molecular weight excluding hydrogens is 266 g/mol. The van der Waals surface area contributed by atoms with Crippen LogP contribution in [0.15, 0.2) is 18.2 Å². The number of rotatable bonds is 8. The van der Waals surface area contributed by atoms with Gasteiger partial charge in [-0.15, -0.1) is 0 Å². The minimum absolute atomic E-state index is 0.714. The molecule has 0 bridgehead atoms. The van der Waals surface area contributed by atoms with Crippen LogP contribution >= 0.6 is 23.4 Å². The van der Waals surface area contributed by atoms with E-state index >= 15 is 0 Å². The van der Waals surface area contributed by atoms with Gasteiger partial charge in [-0.3, -0.25) is 0 Å². The van der Waals surface area contributed by atoms with E-state index < -0.39 is 0 Å². The number of hydrogen-bond donors (Lipinski definition) is 1. The Morgan fingerprint density at radius 1 is 1.44 bits per heavy atom. The van der Waals surface area contributed by atoms with Gasteiger partial charge in [0.15, 0.2) is 0 Å². The summed E-state index contributed by atoms with van der Waals surface area (Å²) in [6.45, 7) is 3.77. The third-order valence-corrected chi connectivity index (χ3v) is 4.02. The molecule has 1 fully saturated rings. The molecule has 1 N–H and O–H groups in total. The first-order chi connectivity index (χ1) is 8.79. The van der Waals surface area contributed by atoms with Gasteiger partial charge in [-0.25, -0.2) is 0 Å². The standard InChI is InChI=1S/C14H20ClNOS/c1-2-18-8-7-17-14-6-3-11(9-13(14)15)10-16-12-4-5-12/h3,6,9,12,16H,2,4-5,7-8,10H2,1H3. The molecule has 100 valence electrons. The maximum atomic E-state index is 6.21. The lowest BCUT2D eigenvalue weighted by Gasteiger charge is -2.09. The average Bonchev–Trinajstić information content (AvgIpc) is 3.18. The molecule has 1 aromatic carbocycles. The van der Waals surface area contributed by atoms with E-state index in [1.54, 1.807) is 0 Å². The van der Waals surface area contributed by atoms with Crippen molar-refractivity contribution in [2.45, 2.75) is 32.4 Å². The molecule has 1 aromatic rings. The number of benzene rings is 1. The Labute approximate surface area is 118 Å². The van der Waals surface area contributed by atoms with Gasteiger partial charge < -0.3 is 10.1 Å². The largest absolute Gasteiger partial charge is 0.491 e. The normalized spacial score (nSPS) is 14.8. The second-order valence-corrected chi connectivity index (χ2v) is 6.27. The first-order valence-corrected chi connectivity index (χ1v) is 8.05. The Morgan fingerprint density at radius 3 is 2.94 bits per heavy atom. The highest BCUT2D eigenvalue weighted by atomic mass is 35.5. The lowest BCUT2D eigenvalue weighted by molar-refractivity contribution is 0.344. The van der Waals surface area contributed by atoms with Crippen molar-refractivity contribution in [3.05, 3.63) is 28.8 Å². The van der Waals surface area contributed by atoms with Crippen LogP contribution in [-0.4, -0.2) is 24.2 Å². The SMILES string of the molecule is CCSCCOc1ccc(CNC2CC2)cc1Cl. The molecule has 18 heavy (non-hydrogen) atoms. The van der Waals surface area contributed by atoms with E-state index in [4.69, 9.17) is 16.3 Å². The minimum atomic E-state index is 0.714. The van der Waals surface area contributed by atoms with Crippen LogP contribution in [-0.2, 0) is 6.54 Å². The molecule has 2 rings (SSSR count). The molecule has 0 atom stereocenters. The molecule has 0 saturated heterocycles. The highest BCUT2D eigenvalue weighted by Crippen LogP contribution is 2.26. The number of ether oxygens (including phenoxy) is 1.